The molecule has 0 aliphatic rings. The van der Waals surface area contributed by atoms with Gasteiger partial charge in [0.2, 0.25) is 0 Å². The molecule has 144 valence electrons. The van der Waals surface area contributed by atoms with Crippen LogP contribution in [0.2, 0.25) is 0 Å². The zero-order valence-electron chi connectivity index (χ0n) is 13.5. The van der Waals surface area contributed by atoms with Crippen LogP contribution in [0.15, 0.2) is 30.9 Å². The van der Waals surface area contributed by atoms with Crippen molar-refractivity contribution in [2.45, 2.75) is 26.1 Å². The highest BCUT2D eigenvalue weighted by atomic mass is 19.3. The van der Waals surface area contributed by atoms with Gasteiger partial charge in [-0.2, -0.15) is 13.9 Å². The third-order valence-corrected chi connectivity index (χ3v) is 3.55. The fourth-order valence-electron chi connectivity index (χ4n) is 2.45. The highest BCUT2D eigenvalue weighted by molar-refractivity contribution is 5.94. The second-order valence-corrected chi connectivity index (χ2v) is 5.35. The molecule has 0 aliphatic heterocycles. The molecule has 0 spiro atoms. The number of carbonyl (C=O) groups excluding carboxylic acids is 1. The van der Waals surface area contributed by atoms with Crippen LogP contribution < -0.4 is 10.1 Å². The number of nitrogens with one attached hydrogen (secondary N) is 1. The quantitative estimate of drug-likeness (QED) is 0.630. The normalized spacial score (nSPS) is 11.5. The molecule has 12 heteroatoms. The molecule has 1 N–H and O–H groups in total. The Morgan fingerprint density at radius 1 is 1.22 bits per heavy atom. The largest absolute Gasteiger partial charge is 0.414 e. The van der Waals surface area contributed by atoms with E-state index in [0.29, 0.717) is 17.3 Å². The number of hydrogen-bond donors (Lipinski definition) is 1. The predicted octanol–water partition coefficient (Wildman–Crippen LogP) is 2.47. The summed E-state index contributed by atoms with van der Waals surface area (Å²) in [6.45, 7) is -3.86. The molecule has 3 aromatic heterocycles. The van der Waals surface area contributed by atoms with Crippen molar-refractivity contribution in [2.75, 3.05) is 0 Å². The van der Waals surface area contributed by atoms with Gasteiger partial charge in [0.1, 0.15) is 5.65 Å². The Hall–Kier alpha value is -3.18. The van der Waals surface area contributed by atoms with E-state index in [4.69, 9.17) is 0 Å². The predicted molar refractivity (Wildman–Crippen MR) is 81.2 cm³/mol. The molecule has 3 aromatic rings. The number of carbonyl (C=O) groups is 1. The van der Waals surface area contributed by atoms with Crippen molar-refractivity contribution >= 4 is 11.6 Å². The van der Waals surface area contributed by atoms with Gasteiger partial charge in [0.25, 0.3) is 18.2 Å². The number of amides is 1. The number of hydrogen-bond acceptors (Lipinski definition) is 4. The lowest BCUT2D eigenvalue weighted by atomic mass is 10.2. The lowest BCUT2D eigenvalue weighted by molar-refractivity contribution is -0.0553. The molecule has 3 rings (SSSR count). The molecule has 0 unspecified atom stereocenters. The van der Waals surface area contributed by atoms with Gasteiger partial charge >= 0.3 is 6.61 Å². The van der Waals surface area contributed by atoms with E-state index in [1.165, 1.54) is 27.7 Å². The SMILES string of the molecule is O=C(NCc1cnn2ccn(CC(F)F)c12)c1cnc(OC(F)F)c(F)c1. The summed E-state index contributed by atoms with van der Waals surface area (Å²) in [5, 5.41) is 6.45. The van der Waals surface area contributed by atoms with Crippen LogP contribution in [-0.2, 0) is 13.1 Å². The molecule has 1 amide bonds. The number of nitrogens with zero attached hydrogens (tertiary/aromatic N) is 4. The fraction of sp³-hybridized carbons (Fsp3) is 0.267. The summed E-state index contributed by atoms with van der Waals surface area (Å²) < 4.78 is 69.6. The van der Waals surface area contributed by atoms with Gasteiger partial charge in [-0.15, -0.1) is 0 Å². The highest BCUT2D eigenvalue weighted by Gasteiger charge is 2.17. The van der Waals surface area contributed by atoms with E-state index in [2.05, 4.69) is 20.1 Å². The lowest BCUT2D eigenvalue weighted by Gasteiger charge is -2.08. The number of fused-ring (bicyclic) bond motifs is 1. The first kappa shape index (κ1) is 18.6. The molecule has 0 saturated heterocycles. The van der Waals surface area contributed by atoms with Crippen LogP contribution in [0, 0.1) is 5.82 Å². The maximum atomic E-state index is 13.6. The van der Waals surface area contributed by atoms with Crippen molar-refractivity contribution in [3.8, 4) is 5.88 Å². The van der Waals surface area contributed by atoms with E-state index in [1.54, 1.807) is 0 Å². The number of aromatic nitrogens is 4. The number of alkyl halides is 4. The van der Waals surface area contributed by atoms with Gasteiger partial charge in [-0.05, 0) is 6.07 Å². The maximum Gasteiger partial charge on any atom is 0.388 e. The van der Waals surface area contributed by atoms with Crippen LogP contribution in [0.3, 0.4) is 0 Å². The van der Waals surface area contributed by atoms with E-state index < -0.39 is 37.2 Å². The summed E-state index contributed by atoms with van der Waals surface area (Å²) in [6, 6.07) is 0.702. The fourth-order valence-corrected chi connectivity index (χ4v) is 2.45. The van der Waals surface area contributed by atoms with Crippen LogP contribution in [0.25, 0.3) is 5.65 Å². The van der Waals surface area contributed by atoms with Crippen LogP contribution in [-0.4, -0.2) is 38.1 Å². The Kier molecular flexibility index (Phi) is 5.23. The van der Waals surface area contributed by atoms with Crippen molar-refractivity contribution in [2.24, 2.45) is 0 Å². The summed E-state index contributed by atoms with van der Waals surface area (Å²) in [5.74, 6) is -2.89. The second-order valence-electron chi connectivity index (χ2n) is 5.35. The van der Waals surface area contributed by atoms with E-state index in [1.807, 2.05) is 0 Å². The van der Waals surface area contributed by atoms with Gasteiger partial charge in [0, 0.05) is 30.7 Å². The van der Waals surface area contributed by atoms with Gasteiger partial charge in [0.15, 0.2) is 5.82 Å². The average Bonchev–Trinajstić information content (AvgIpc) is 3.17. The number of imidazole rings is 1. The summed E-state index contributed by atoms with van der Waals surface area (Å²) in [5.41, 5.74) is 0.612. The van der Waals surface area contributed by atoms with Gasteiger partial charge < -0.3 is 14.6 Å². The molecule has 0 aliphatic carbocycles. The first-order chi connectivity index (χ1) is 12.8. The lowest BCUT2D eigenvalue weighted by Crippen LogP contribution is -2.23. The molecule has 0 aromatic carbocycles. The third kappa shape index (κ3) is 4.15. The summed E-state index contributed by atoms with van der Waals surface area (Å²) in [7, 11) is 0. The average molecular weight is 389 g/mol. The highest BCUT2D eigenvalue weighted by Crippen LogP contribution is 2.17. The summed E-state index contributed by atoms with van der Waals surface area (Å²) in [4.78, 5) is 15.4. The Morgan fingerprint density at radius 2 is 2.00 bits per heavy atom. The zero-order chi connectivity index (χ0) is 19.6. The molecule has 0 bridgehead atoms. The van der Waals surface area contributed by atoms with E-state index in [9.17, 15) is 26.7 Å². The van der Waals surface area contributed by atoms with Crippen LogP contribution in [0.4, 0.5) is 22.0 Å². The molecular formula is C15H12F5N5O2. The maximum absolute atomic E-state index is 13.6. The molecule has 0 atom stereocenters. The molecule has 27 heavy (non-hydrogen) atoms. The minimum absolute atomic E-state index is 0.0769. The first-order valence-electron chi connectivity index (χ1n) is 7.53. The Labute approximate surface area is 148 Å². The second kappa shape index (κ2) is 7.60. The van der Waals surface area contributed by atoms with Gasteiger partial charge in [0.05, 0.1) is 18.3 Å². The smallest absolute Gasteiger partial charge is 0.388 e. The van der Waals surface area contributed by atoms with Crippen molar-refractivity contribution < 1.29 is 31.5 Å². The molecule has 7 nitrogen and oxygen atoms in total. The van der Waals surface area contributed by atoms with Crippen molar-refractivity contribution in [1.82, 2.24) is 24.5 Å². The molecule has 3 heterocycles. The van der Waals surface area contributed by atoms with Crippen molar-refractivity contribution in [1.29, 1.82) is 0 Å². The molecule has 0 saturated carbocycles. The Balaban J connectivity index is 1.71. The van der Waals surface area contributed by atoms with Gasteiger partial charge in [-0.3, -0.25) is 4.79 Å². The third-order valence-electron chi connectivity index (χ3n) is 3.55. The Morgan fingerprint density at radius 3 is 2.67 bits per heavy atom. The zero-order valence-corrected chi connectivity index (χ0v) is 13.5. The minimum Gasteiger partial charge on any atom is -0.414 e. The molecule has 0 radical (unpaired) electrons. The number of halogens is 5. The van der Waals surface area contributed by atoms with Crippen LogP contribution in [0.1, 0.15) is 15.9 Å². The molecular weight excluding hydrogens is 377 g/mol. The standard InChI is InChI=1S/C15H12F5N5O2/c16-10-3-8(4-22-13(10)27-15(19)20)12(26)21-5-9-6-23-25-2-1-24(14(9)25)7-11(17)18/h1-4,6,11,15H,5,7H2,(H,21,26). The summed E-state index contributed by atoms with van der Waals surface area (Å²) in [6.07, 6.45) is 2.63. The Bertz CT molecular complexity index is 955. The minimum atomic E-state index is -3.25. The number of rotatable bonds is 7. The van der Waals surface area contributed by atoms with Crippen LogP contribution >= 0.6 is 0 Å². The van der Waals surface area contributed by atoms with Crippen molar-refractivity contribution in [3.63, 3.8) is 0 Å². The summed E-state index contributed by atoms with van der Waals surface area (Å²) >= 11 is 0. The monoisotopic (exact) mass is 389 g/mol. The van der Waals surface area contributed by atoms with Gasteiger partial charge in [-0.25, -0.2) is 22.7 Å². The van der Waals surface area contributed by atoms with Crippen LogP contribution in [0.5, 0.6) is 5.88 Å². The molecule has 0 fully saturated rings. The van der Waals surface area contributed by atoms with Gasteiger partial charge in [-0.1, -0.05) is 0 Å². The number of ether oxygens (including phenoxy) is 1. The van der Waals surface area contributed by atoms with E-state index >= 15 is 0 Å². The van der Waals surface area contributed by atoms with E-state index in [0.717, 1.165) is 6.20 Å². The first-order valence-corrected chi connectivity index (χ1v) is 7.53. The van der Waals surface area contributed by atoms with E-state index in [-0.39, 0.29) is 12.1 Å². The topological polar surface area (TPSA) is 73.5 Å². The van der Waals surface area contributed by atoms with Crippen molar-refractivity contribution in [3.05, 3.63) is 47.8 Å². The number of pyridine rings is 1.